The van der Waals surface area contributed by atoms with Crippen LogP contribution in [0.15, 0.2) is 42.5 Å². The summed E-state index contributed by atoms with van der Waals surface area (Å²) >= 11 is 0. The SMILES string of the molecule is Cc1ccc(CC(N)c2cccc(C(F)(F)F)c2F)cc1. The van der Waals surface area contributed by atoms with Gasteiger partial charge in [-0.25, -0.2) is 4.39 Å². The van der Waals surface area contributed by atoms with Gasteiger partial charge in [-0.1, -0.05) is 42.0 Å². The van der Waals surface area contributed by atoms with E-state index >= 15 is 0 Å². The third-order valence-corrected chi connectivity index (χ3v) is 3.31. The maximum absolute atomic E-state index is 14.0. The molecule has 0 bridgehead atoms. The predicted octanol–water partition coefficient (Wildman–Crippen LogP) is 4.40. The highest BCUT2D eigenvalue weighted by atomic mass is 19.4. The van der Waals surface area contributed by atoms with Crippen LogP contribution < -0.4 is 5.73 Å². The lowest BCUT2D eigenvalue weighted by molar-refractivity contribution is -0.140. The van der Waals surface area contributed by atoms with Gasteiger partial charge < -0.3 is 5.73 Å². The second kappa shape index (κ2) is 5.85. The Morgan fingerprint density at radius 2 is 1.67 bits per heavy atom. The van der Waals surface area contributed by atoms with Crippen LogP contribution in [0.2, 0.25) is 0 Å². The van der Waals surface area contributed by atoms with Crippen molar-refractivity contribution in [2.75, 3.05) is 0 Å². The van der Waals surface area contributed by atoms with E-state index in [-0.39, 0.29) is 12.0 Å². The van der Waals surface area contributed by atoms with Gasteiger partial charge in [-0.2, -0.15) is 13.2 Å². The minimum atomic E-state index is -4.72. The van der Waals surface area contributed by atoms with Crippen LogP contribution in [0.25, 0.3) is 0 Å². The van der Waals surface area contributed by atoms with Crippen molar-refractivity contribution in [3.8, 4) is 0 Å². The zero-order chi connectivity index (χ0) is 15.6. The molecule has 0 saturated heterocycles. The molecular weight excluding hydrogens is 282 g/mol. The molecule has 2 N–H and O–H groups in total. The molecule has 0 aliphatic heterocycles. The van der Waals surface area contributed by atoms with Crippen LogP contribution in [-0.4, -0.2) is 0 Å². The van der Waals surface area contributed by atoms with E-state index in [1.807, 2.05) is 31.2 Å². The fourth-order valence-corrected chi connectivity index (χ4v) is 2.14. The van der Waals surface area contributed by atoms with Crippen LogP contribution in [0, 0.1) is 12.7 Å². The summed E-state index contributed by atoms with van der Waals surface area (Å²) in [6.45, 7) is 1.93. The van der Waals surface area contributed by atoms with Gasteiger partial charge in [-0.05, 0) is 25.0 Å². The molecule has 2 aromatic carbocycles. The van der Waals surface area contributed by atoms with Crippen LogP contribution in [0.4, 0.5) is 17.6 Å². The first-order chi connectivity index (χ1) is 9.79. The second-order valence-corrected chi connectivity index (χ2v) is 5.00. The van der Waals surface area contributed by atoms with E-state index < -0.39 is 23.6 Å². The molecule has 0 radical (unpaired) electrons. The van der Waals surface area contributed by atoms with Gasteiger partial charge in [0.2, 0.25) is 0 Å². The Morgan fingerprint density at radius 1 is 1.05 bits per heavy atom. The van der Waals surface area contributed by atoms with Crippen LogP contribution in [0.1, 0.15) is 28.3 Å². The number of hydrogen-bond donors (Lipinski definition) is 1. The number of alkyl halides is 3. The fourth-order valence-electron chi connectivity index (χ4n) is 2.14. The predicted molar refractivity (Wildman–Crippen MR) is 73.2 cm³/mol. The van der Waals surface area contributed by atoms with E-state index in [1.54, 1.807) is 0 Å². The number of halogens is 4. The number of nitrogens with two attached hydrogens (primary N) is 1. The molecular formula is C16H15F4N. The van der Waals surface area contributed by atoms with Gasteiger partial charge in [0.1, 0.15) is 5.82 Å². The van der Waals surface area contributed by atoms with Crippen molar-refractivity contribution >= 4 is 0 Å². The second-order valence-electron chi connectivity index (χ2n) is 5.00. The number of benzene rings is 2. The van der Waals surface area contributed by atoms with Crippen molar-refractivity contribution < 1.29 is 17.6 Å². The highest BCUT2D eigenvalue weighted by Gasteiger charge is 2.35. The molecule has 2 aromatic rings. The lowest BCUT2D eigenvalue weighted by Gasteiger charge is -2.16. The summed E-state index contributed by atoms with van der Waals surface area (Å²) in [7, 11) is 0. The van der Waals surface area contributed by atoms with Gasteiger partial charge in [0.25, 0.3) is 0 Å². The third-order valence-electron chi connectivity index (χ3n) is 3.31. The summed E-state index contributed by atoms with van der Waals surface area (Å²) in [5.74, 6) is -1.29. The van der Waals surface area contributed by atoms with Crippen LogP contribution in [-0.2, 0) is 12.6 Å². The van der Waals surface area contributed by atoms with Crippen molar-refractivity contribution in [1.29, 1.82) is 0 Å². The van der Waals surface area contributed by atoms with Gasteiger partial charge in [0, 0.05) is 11.6 Å². The molecule has 21 heavy (non-hydrogen) atoms. The van der Waals surface area contributed by atoms with Crippen LogP contribution in [0.3, 0.4) is 0 Å². The van der Waals surface area contributed by atoms with Crippen molar-refractivity contribution in [2.24, 2.45) is 5.73 Å². The first kappa shape index (κ1) is 15.5. The highest BCUT2D eigenvalue weighted by Crippen LogP contribution is 2.34. The van der Waals surface area contributed by atoms with E-state index in [2.05, 4.69) is 0 Å². The smallest absolute Gasteiger partial charge is 0.324 e. The molecule has 0 saturated carbocycles. The van der Waals surface area contributed by atoms with Crippen molar-refractivity contribution in [1.82, 2.24) is 0 Å². The summed E-state index contributed by atoms with van der Waals surface area (Å²) in [6.07, 6.45) is -4.44. The maximum atomic E-state index is 14.0. The summed E-state index contributed by atoms with van der Waals surface area (Å²) in [5.41, 5.74) is 6.39. The monoisotopic (exact) mass is 297 g/mol. The van der Waals surface area contributed by atoms with Crippen molar-refractivity contribution in [2.45, 2.75) is 25.6 Å². The number of rotatable bonds is 3. The molecule has 1 unspecified atom stereocenters. The molecule has 0 aliphatic rings. The molecule has 0 amide bonds. The summed E-state index contributed by atoms with van der Waals surface area (Å²) in [4.78, 5) is 0. The quantitative estimate of drug-likeness (QED) is 0.835. The Hall–Kier alpha value is -1.88. The highest BCUT2D eigenvalue weighted by molar-refractivity contribution is 5.32. The number of hydrogen-bond acceptors (Lipinski definition) is 1. The van der Waals surface area contributed by atoms with E-state index in [9.17, 15) is 17.6 Å². The van der Waals surface area contributed by atoms with Gasteiger partial charge >= 0.3 is 6.18 Å². The first-order valence-electron chi connectivity index (χ1n) is 6.46. The van der Waals surface area contributed by atoms with E-state index in [0.29, 0.717) is 0 Å². The Bertz CT molecular complexity index is 617. The van der Waals surface area contributed by atoms with Gasteiger partial charge in [0.15, 0.2) is 0 Å². The average Bonchev–Trinajstić information content (AvgIpc) is 2.40. The van der Waals surface area contributed by atoms with Gasteiger partial charge in [-0.3, -0.25) is 0 Å². The normalized spacial score (nSPS) is 13.2. The molecule has 112 valence electrons. The summed E-state index contributed by atoms with van der Waals surface area (Å²) in [6, 6.07) is 9.79. The first-order valence-corrected chi connectivity index (χ1v) is 6.46. The minimum Gasteiger partial charge on any atom is -0.324 e. The van der Waals surface area contributed by atoms with Gasteiger partial charge in [-0.15, -0.1) is 0 Å². The fraction of sp³-hybridized carbons (Fsp3) is 0.250. The average molecular weight is 297 g/mol. The summed E-state index contributed by atoms with van der Waals surface area (Å²) in [5, 5.41) is 0. The Kier molecular flexibility index (Phi) is 4.32. The number of aryl methyl sites for hydroxylation is 1. The molecule has 1 atom stereocenters. The third kappa shape index (κ3) is 3.61. The Labute approximate surface area is 120 Å². The lowest BCUT2D eigenvalue weighted by atomic mass is 9.97. The van der Waals surface area contributed by atoms with E-state index in [0.717, 1.165) is 17.2 Å². The molecule has 0 spiro atoms. The van der Waals surface area contributed by atoms with Crippen LogP contribution in [0.5, 0.6) is 0 Å². The minimum absolute atomic E-state index is 0.120. The van der Waals surface area contributed by atoms with Crippen LogP contribution >= 0.6 is 0 Å². The maximum Gasteiger partial charge on any atom is 0.419 e. The molecule has 0 fully saturated rings. The Balaban J connectivity index is 2.27. The molecule has 0 heterocycles. The molecule has 0 aromatic heterocycles. The van der Waals surface area contributed by atoms with Gasteiger partial charge in [0.05, 0.1) is 5.56 Å². The molecule has 0 aliphatic carbocycles. The van der Waals surface area contributed by atoms with Crippen molar-refractivity contribution in [3.05, 3.63) is 70.5 Å². The zero-order valence-electron chi connectivity index (χ0n) is 11.4. The van der Waals surface area contributed by atoms with E-state index in [4.69, 9.17) is 5.73 Å². The molecule has 5 heteroatoms. The topological polar surface area (TPSA) is 26.0 Å². The largest absolute Gasteiger partial charge is 0.419 e. The molecule has 1 nitrogen and oxygen atoms in total. The van der Waals surface area contributed by atoms with E-state index in [1.165, 1.54) is 12.1 Å². The van der Waals surface area contributed by atoms with Crippen molar-refractivity contribution in [3.63, 3.8) is 0 Å². The molecule has 2 rings (SSSR count). The lowest BCUT2D eigenvalue weighted by Crippen LogP contribution is -2.18. The summed E-state index contributed by atoms with van der Waals surface area (Å²) < 4.78 is 52.0. The Morgan fingerprint density at radius 3 is 2.24 bits per heavy atom. The zero-order valence-corrected chi connectivity index (χ0v) is 11.4. The standard InChI is InChI=1S/C16H15F4N/c1-10-5-7-11(8-6-10)9-14(21)12-3-2-4-13(15(12)17)16(18,19)20/h2-8,14H,9,21H2,1H3.